The van der Waals surface area contributed by atoms with E-state index in [-0.39, 0.29) is 6.04 Å². The van der Waals surface area contributed by atoms with Crippen molar-refractivity contribution in [3.8, 4) is 5.75 Å². The van der Waals surface area contributed by atoms with E-state index in [1.165, 1.54) is 16.7 Å². The van der Waals surface area contributed by atoms with E-state index in [9.17, 15) is 0 Å². The number of aryl methyl sites for hydroxylation is 2. The number of rotatable bonds is 6. The molecule has 2 aromatic carbocycles. The second kappa shape index (κ2) is 7.11. The van der Waals surface area contributed by atoms with Gasteiger partial charge in [0.2, 0.25) is 0 Å². The highest BCUT2D eigenvalue weighted by molar-refractivity contribution is 5.27. The van der Waals surface area contributed by atoms with Crippen molar-refractivity contribution < 1.29 is 4.74 Å². The molecule has 0 radical (unpaired) electrons. The molecule has 0 aliphatic carbocycles. The Morgan fingerprint density at radius 3 is 2.60 bits per heavy atom. The van der Waals surface area contributed by atoms with Gasteiger partial charge in [0.05, 0.1) is 6.61 Å². The van der Waals surface area contributed by atoms with Crippen molar-refractivity contribution in [3.63, 3.8) is 0 Å². The maximum Gasteiger partial charge on any atom is 0.119 e. The molecule has 106 valence electrons. The van der Waals surface area contributed by atoms with Gasteiger partial charge in [-0.2, -0.15) is 0 Å². The van der Waals surface area contributed by atoms with Gasteiger partial charge in [-0.25, -0.2) is 0 Å². The fourth-order valence-corrected chi connectivity index (χ4v) is 2.26. The van der Waals surface area contributed by atoms with E-state index in [4.69, 9.17) is 10.5 Å². The molecule has 0 fully saturated rings. The van der Waals surface area contributed by atoms with Crippen molar-refractivity contribution in [1.29, 1.82) is 0 Å². The lowest BCUT2D eigenvalue weighted by molar-refractivity contribution is 0.297. The Hall–Kier alpha value is -1.80. The summed E-state index contributed by atoms with van der Waals surface area (Å²) in [5, 5.41) is 0. The Kier molecular flexibility index (Phi) is 5.19. The third kappa shape index (κ3) is 4.39. The molecule has 0 bridgehead atoms. The Morgan fingerprint density at radius 1 is 1.05 bits per heavy atom. The molecule has 0 aliphatic rings. The first-order valence-electron chi connectivity index (χ1n) is 7.14. The van der Waals surface area contributed by atoms with Gasteiger partial charge in [-0.15, -0.1) is 0 Å². The largest absolute Gasteiger partial charge is 0.494 e. The molecule has 1 unspecified atom stereocenters. The van der Waals surface area contributed by atoms with Gasteiger partial charge in [0.25, 0.3) is 0 Å². The zero-order chi connectivity index (χ0) is 14.4. The quantitative estimate of drug-likeness (QED) is 0.869. The van der Waals surface area contributed by atoms with Crippen LogP contribution in [-0.4, -0.2) is 12.6 Å². The molecule has 0 spiro atoms. The smallest absolute Gasteiger partial charge is 0.119 e. The maximum absolute atomic E-state index is 6.19. The minimum Gasteiger partial charge on any atom is -0.494 e. The Morgan fingerprint density at radius 2 is 1.85 bits per heavy atom. The molecule has 1 atom stereocenters. The number of hydrogen-bond acceptors (Lipinski definition) is 2. The van der Waals surface area contributed by atoms with E-state index in [0.717, 1.165) is 18.6 Å². The highest BCUT2D eigenvalue weighted by Gasteiger charge is 2.06. The van der Waals surface area contributed by atoms with Crippen LogP contribution in [-0.2, 0) is 6.42 Å². The summed E-state index contributed by atoms with van der Waals surface area (Å²) in [5.41, 5.74) is 10.0. The molecule has 2 nitrogen and oxygen atoms in total. The lowest BCUT2D eigenvalue weighted by Gasteiger charge is -2.14. The van der Waals surface area contributed by atoms with Crippen LogP contribution in [0.3, 0.4) is 0 Å². The first-order valence-corrected chi connectivity index (χ1v) is 7.14. The Bertz CT molecular complexity index is 551. The van der Waals surface area contributed by atoms with Crippen LogP contribution in [0.25, 0.3) is 0 Å². The molecule has 0 heterocycles. The molecule has 0 aromatic heterocycles. The fourth-order valence-electron chi connectivity index (χ4n) is 2.26. The predicted octanol–water partition coefficient (Wildman–Crippen LogP) is 3.64. The summed E-state index contributed by atoms with van der Waals surface area (Å²) in [7, 11) is 0. The average molecular weight is 269 g/mol. The summed E-state index contributed by atoms with van der Waals surface area (Å²) in [5.74, 6) is 0.924. The van der Waals surface area contributed by atoms with Gasteiger partial charge in [0.1, 0.15) is 5.75 Å². The molecule has 0 saturated carbocycles. The van der Waals surface area contributed by atoms with Crippen molar-refractivity contribution in [1.82, 2.24) is 0 Å². The molecule has 20 heavy (non-hydrogen) atoms. The Labute approximate surface area is 121 Å². The third-order valence-electron chi connectivity index (χ3n) is 3.49. The van der Waals surface area contributed by atoms with Crippen molar-refractivity contribution in [3.05, 3.63) is 65.2 Å². The SMILES string of the molecule is Cc1cccc(OCCC(N)Cc2ccccc2C)c1. The molecule has 2 rings (SSSR count). The lowest BCUT2D eigenvalue weighted by Crippen LogP contribution is -2.25. The van der Waals surface area contributed by atoms with Crippen LogP contribution < -0.4 is 10.5 Å². The second-order valence-electron chi connectivity index (χ2n) is 5.34. The van der Waals surface area contributed by atoms with E-state index in [1.807, 2.05) is 18.2 Å². The van der Waals surface area contributed by atoms with Crippen LogP contribution in [0.1, 0.15) is 23.1 Å². The summed E-state index contributed by atoms with van der Waals surface area (Å²) in [6.45, 7) is 4.86. The van der Waals surface area contributed by atoms with Gasteiger partial charge in [-0.3, -0.25) is 0 Å². The second-order valence-corrected chi connectivity index (χ2v) is 5.34. The van der Waals surface area contributed by atoms with Crippen LogP contribution in [0.15, 0.2) is 48.5 Å². The summed E-state index contributed by atoms with van der Waals surface area (Å²) in [4.78, 5) is 0. The van der Waals surface area contributed by atoms with Gasteiger partial charge in [0, 0.05) is 6.04 Å². The van der Waals surface area contributed by atoms with Crippen LogP contribution >= 0.6 is 0 Å². The first kappa shape index (κ1) is 14.6. The summed E-state index contributed by atoms with van der Waals surface area (Å²) in [6, 6.07) is 16.7. The van der Waals surface area contributed by atoms with Gasteiger partial charge in [-0.05, 0) is 55.5 Å². The average Bonchev–Trinajstić information content (AvgIpc) is 2.41. The predicted molar refractivity (Wildman–Crippen MR) is 84.1 cm³/mol. The molecular weight excluding hydrogens is 246 g/mol. The van der Waals surface area contributed by atoms with Crippen LogP contribution in [0.2, 0.25) is 0 Å². The summed E-state index contributed by atoms with van der Waals surface area (Å²) >= 11 is 0. The van der Waals surface area contributed by atoms with Gasteiger partial charge < -0.3 is 10.5 Å². The summed E-state index contributed by atoms with van der Waals surface area (Å²) in [6.07, 6.45) is 1.77. The first-order chi connectivity index (χ1) is 9.65. The molecule has 2 aromatic rings. The monoisotopic (exact) mass is 269 g/mol. The van der Waals surface area contributed by atoms with E-state index in [0.29, 0.717) is 6.61 Å². The minimum absolute atomic E-state index is 0.140. The molecule has 2 heteroatoms. The maximum atomic E-state index is 6.19. The van der Waals surface area contributed by atoms with E-state index in [2.05, 4.69) is 44.2 Å². The van der Waals surface area contributed by atoms with E-state index >= 15 is 0 Å². The Balaban J connectivity index is 1.78. The molecule has 2 N–H and O–H groups in total. The van der Waals surface area contributed by atoms with Gasteiger partial charge >= 0.3 is 0 Å². The van der Waals surface area contributed by atoms with E-state index in [1.54, 1.807) is 0 Å². The number of hydrogen-bond donors (Lipinski definition) is 1. The van der Waals surface area contributed by atoms with Crippen molar-refractivity contribution >= 4 is 0 Å². The minimum atomic E-state index is 0.140. The normalized spacial score (nSPS) is 12.2. The topological polar surface area (TPSA) is 35.2 Å². The van der Waals surface area contributed by atoms with Crippen LogP contribution in [0, 0.1) is 13.8 Å². The van der Waals surface area contributed by atoms with Crippen molar-refractivity contribution in [2.45, 2.75) is 32.7 Å². The molecule has 0 amide bonds. The van der Waals surface area contributed by atoms with Crippen LogP contribution in [0.5, 0.6) is 5.75 Å². The highest BCUT2D eigenvalue weighted by Crippen LogP contribution is 2.14. The van der Waals surface area contributed by atoms with Gasteiger partial charge in [0.15, 0.2) is 0 Å². The summed E-state index contributed by atoms with van der Waals surface area (Å²) < 4.78 is 5.75. The van der Waals surface area contributed by atoms with Crippen molar-refractivity contribution in [2.24, 2.45) is 5.73 Å². The zero-order valence-corrected chi connectivity index (χ0v) is 12.3. The number of nitrogens with two attached hydrogens (primary N) is 1. The lowest BCUT2D eigenvalue weighted by atomic mass is 10.0. The van der Waals surface area contributed by atoms with E-state index < -0.39 is 0 Å². The molecular formula is C18H23NO. The number of ether oxygens (including phenoxy) is 1. The fraction of sp³-hybridized carbons (Fsp3) is 0.333. The van der Waals surface area contributed by atoms with Gasteiger partial charge in [-0.1, -0.05) is 36.4 Å². The standard InChI is InChI=1S/C18H23NO/c1-14-6-5-9-18(12-14)20-11-10-17(19)13-16-8-4-3-7-15(16)2/h3-9,12,17H,10-11,13,19H2,1-2H3. The van der Waals surface area contributed by atoms with Crippen molar-refractivity contribution in [2.75, 3.05) is 6.61 Å². The highest BCUT2D eigenvalue weighted by atomic mass is 16.5. The molecule has 0 aliphatic heterocycles. The van der Waals surface area contributed by atoms with Crippen LogP contribution in [0.4, 0.5) is 0 Å². The number of benzene rings is 2. The molecule has 0 saturated heterocycles. The third-order valence-corrected chi connectivity index (χ3v) is 3.49. The zero-order valence-electron chi connectivity index (χ0n) is 12.3.